The van der Waals surface area contributed by atoms with Crippen LogP contribution in [0.5, 0.6) is 0 Å². The highest BCUT2D eigenvalue weighted by molar-refractivity contribution is 5.94. The fraction of sp³-hybridized carbons (Fsp3) is 0.130. The van der Waals surface area contributed by atoms with Crippen LogP contribution in [-0.4, -0.2) is 26.7 Å². The summed E-state index contributed by atoms with van der Waals surface area (Å²) >= 11 is 0. The minimum absolute atomic E-state index is 0.148. The SMILES string of the molecule is CC(N)=NC=Nc1ccc(Nc2cc(C(F)(F)F)cc3c2nc(-c2ccc(F)cc2)n3C)cn1. The van der Waals surface area contributed by atoms with Gasteiger partial charge < -0.3 is 15.6 Å². The summed E-state index contributed by atoms with van der Waals surface area (Å²) in [4.78, 5) is 16.5. The van der Waals surface area contributed by atoms with Gasteiger partial charge in [0.25, 0.3) is 0 Å². The maximum Gasteiger partial charge on any atom is 0.416 e. The average Bonchev–Trinajstić information content (AvgIpc) is 3.11. The second kappa shape index (κ2) is 8.93. The van der Waals surface area contributed by atoms with Gasteiger partial charge in [0, 0.05) is 12.6 Å². The van der Waals surface area contributed by atoms with Crippen LogP contribution in [0.15, 0.2) is 64.7 Å². The van der Waals surface area contributed by atoms with Crippen molar-refractivity contribution < 1.29 is 17.6 Å². The Kier molecular flexibility index (Phi) is 6.01. The van der Waals surface area contributed by atoms with Crippen LogP contribution in [0.25, 0.3) is 22.4 Å². The number of hydrogen-bond donors (Lipinski definition) is 2. The van der Waals surface area contributed by atoms with E-state index in [0.29, 0.717) is 34.2 Å². The summed E-state index contributed by atoms with van der Waals surface area (Å²) in [6.07, 6.45) is -1.88. The Hall–Kier alpha value is -4.28. The number of anilines is 2. The molecule has 2 aromatic carbocycles. The summed E-state index contributed by atoms with van der Waals surface area (Å²) in [5.74, 6) is 0.664. The van der Waals surface area contributed by atoms with Gasteiger partial charge in [-0.2, -0.15) is 13.2 Å². The third-order valence-electron chi connectivity index (χ3n) is 4.89. The maximum atomic E-state index is 13.6. The van der Waals surface area contributed by atoms with E-state index in [2.05, 4.69) is 25.3 Å². The zero-order valence-electron chi connectivity index (χ0n) is 18.1. The van der Waals surface area contributed by atoms with Crippen LogP contribution in [0.2, 0.25) is 0 Å². The van der Waals surface area contributed by atoms with Gasteiger partial charge >= 0.3 is 6.18 Å². The van der Waals surface area contributed by atoms with E-state index in [-0.39, 0.29) is 11.2 Å². The number of nitrogens with two attached hydrogens (primary N) is 1. The number of fused-ring (bicyclic) bond motifs is 1. The van der Waals surface area contributed by atoms with Crippen LogP contribution in [0.1, 0.15) is 12.5 Å². The molecule has 0 unspecified atom stereocenters. The van der Waals surface area contributed by atoms with Crippen molar-refractivity contribution in [2.24, 2.45) is 22.8 Å². The lowest BCUT2D eigenvalue weighted by Gasteiger charge is -2.12. The zero-order valence-corrected chi connectivity index (χ0v) is 18.1. The van der Waals surface area contributed by atoms with Gasteiger partial charge in [-0.25, -0.2) is 24.3 Å². The van der Waals surface area contributed by atoms with Crippen LogP contribution in [0.3, 0.4) is 0 Å². The molecule has 34 heavy (non-hydrogen) atoms. The average molecular weight is 469 g/mol. The molecule has 0 aliphatic carbocycles. The second-order valence-corrected chi connectivity index (χ2v) is 7.44. The molecule has 0 radical (unpaired) electrons. The predicted octanol–water partition coefficient (Wildman–Crippen LogP) is 5.57. The quantitative estimate of drug-likeness (QED) is 0.227. The molecule has 0 amide bonds. The molecular formula is C23H19F4N7. The first-order chi connectivity index (χ1) is 16.1. The third kappa shape index (κ3) is 4.87. The highest BCUT2D eigenvalue weighted by Gasteiger charge is 2.32. The number of aliphatic imine (C=N–C) groups is 2. The lowest BCUT2D eigenvalue weighted by Crippen LogP contribution is -2.06. The van der Waals surface area contributed by atoms with Gasteiger partial charge in [-0.15, -0.1) is 0 Å². The van der Waals surface area contributed by atoms with E-state index < -0.39 is 17.6 Å². The van der Waals surface area contributed by atoms with Gasteiger partial charge in [0.15, 0.2) is 5.82 Å². The number of nitrogens with one attached hydrogen (secondary N) is 1. The maximum absolute atomic E-state index is 13.6. The summed E-state index contributed by atoms with van der Waals surface area (Å²) in [6.45, 7) is 1.61. The van der Waals surface area contributed by atoms with E-state index >= 15 is 0 Å². The number of pyridine rings is 1. The fourth-order valence-electron chi connectivity index (χ4n) is 3.27. The van der Waals surface area contributed by atoms with E-state index in [1.165, 1.54) is 36.8 Å². The molecular weight excluding hydrogens is 450 g/mol. The lowest BCUT2D eigenvalue weighted by atomic mass is 10.1. The number of nitrogens with zero attached hydrogens (tertiary/aromatic N) is 5. The first-order valence-corrected chi connectivity index (χ1v) is 10.0. The van der Waals surface area contributed by atoms with Crippen LogP contribution >= 0.6 is 0 Å². The minimum atomic E-state index is -4.57. The Labute approximate surface area is 191 Å². The first-order valence-electron chi connectivity index (χ1n) is 10.0. The molecule has 0 saturated heterocycles. The molecule has 7 nitrogen and oxygen atoms in total. The topological polar surface area (TPSA) is 93.5 Å². The van der Waals surface area contributed by atoms with Crippen molar-refractivity contribution in [3.05, 3.63) is 66.1 Å². The van der Waals surface area contributed by atoms with E-state index in [1.54, 1.807) is 30.7 Å². The number of alkyl halides is 3. The zero-order chi connectivity index (χ0) is 24.5. The van der Waals surface area contributed by atoms with E-state index in [4.69, 9.17) is 5.73 Å². The number of hydrogen-bond acceptors (Lipinski definition) is 4. The summed E-state index contributed by atoms with van der Waals surface area (Å²) in [5.41, 5.74) is 6.34. The second-order valence-electron chi connectivity index (χ2n) is 7.44. The number of aromatic nitrogens is 3. The van der Waals surface area contributed by atoms with Crippen molar-refractivity contribution in [2.45, 2.75) is 13.1 Å². The Balaban J connectivity index is 1.76. The molecule has 2 aromatic heterocycles. The number of amidine groups is 1. The molecule has 0 aliphatic rings. The first kappa shape index (κ1) is 22.9. The fourth-order valence-corrected chi connectivity index (χ4v) is 3.27. The molecule has 0 bridgehead atoms. The van der Waals surface area contributed by atoms with E-state index in [9.17, 15) is 17.6 Å². The molecule has 2 heterocycles. The predicted molar refractivity (Wildman–Crippen MR) is 124 cm³/mol. The van der Waals surface area contributed by atoms with Gasteiger partial charge in [-0.3, -0.25) is 0 Å². The Morgan fingerprint density at radius 3 is 2.47 bits per heavy atom. The highest BCUT2D eigenvalue weighted by atomic mass is 19.4. The Morgan fingerprint density at radius 2 is 1.85 bits per heavy atom. The third-order valence-corrected chi connectivity index (χ3v) is 4.89. The van der Waals surface area contributed by atoms with Crippen LogP contribution in [-0.2, 0) is 13.2 Å². The molecule has 0 saturated carbocycles. The van der Waals surface area contributed by atoms with Gasteiger partial charge in [-0.05, 0) is 55.5 Å². The number of aryl methyl sites for hydroxylation is 1. The van der Waals surface area contributed by atoms with E-state index in [0.717, 1.165) is 12.1 Å². The Bertz CT molecular complexity index is 1380. The molecule has 4 aromatic rings. The van der Waals surface area contributed by atoms with Crippen molar-refractivity contribution >= 4 is 40.4 Å². The molecule has 4 rings (SSSR count). The number of rotatable bonds is 5. The standard InChI is InChI=1S/C23H19F4N7/c1-13(28)30-12-31-20-8-7-17(11-29-20)32-18-9-15(23(25,26)27)10-19-21(18)33-22(34(19)2)14-3-5-16(24)6-4-14/h3-12,32H,1-2H3,(H2,28,29,30,31). The highest BCUT2D eigenvalue weighted by Crippen LogP contribution is 2.37. The van der Waals surface area contributed by atoms with Crippen molar-refractivity contribution in [2.75, 3.05) is 5.32 Å². The smallest absolute Gasteiger partial charge is 0.387 e. The number of benzene rings is 2. The molecule has 0 aliphatic heterocycles. The molecule has 0 atom stereocenters. The molecule has 0 fully saturated rings. The van der Waals surface area contributed by atoms with Gasteiger partial charge in [-0.1, -0.05) is 0 Å². The van der Waals surface area contributed by atoms with Crippen LogP contribution < -0.4 is 11.1 Å². The van der Waals surface area contributed by atoms with Gasteiger partial charge in [0.2, 0.25) is 0 Å². The largest absolute Gasteiger partial charge is 0.416 e. The number of imidazole rings is 1. The minimum Gasteiger partial charge on any atom is -0.387 e. The molecule has 0 spiro atoms. The van der Waals surface area contributed by atoms with Crippen LogP contribution in [0, 0.1) is 5.82 Å². The summed E-state index contributed by atoms with van der Waals surface area (Å²) in [7, 11) is 1.61. The van der Waals surface area contributed by atoms with Crippen molar-refractivity contribution in [3.63, 3.8) is 0 Å². The lowest BCUT2D eigenvalue weighted by molar-refractivity contribution is -0.137. The number of halogens is 4. The summed E-state index contributed by atoms with van der Waals surface area (Å²) in [6, 6.07) is 10.8. The Morgan fingerprint density at radius 1 is 1.12 bits per heavy atom. The monoisotopic (exact) mass is 469 g/mol. The van der Waals surface area contributed by atoms with Crippen molar-refractivity contribution in [1.82, 2.24) is 14.5 Å². The normalized spacial score (nSPS) is 12.6. The van der Waals surface area contributed by atoms with Crippen LogP contribution in [0.4, 0.5) is 34.8 Å². The van der Waals surface area contributed by atoms with E-state index in [1.807, 2.05) is 0 Å². The van der Waals surface area contributed by atoms with Crippen molar-refractivity contribution in [1.29, 1.82) is 0 Å². The molecule has 174 valence electrons. The summed E-state index contributed by atoms with van der Waals surface area (Å²) < 4.78 is 55.7. The molecule has 11 heteroatoms. The van der Waals surface area contributed by atoms with Gasteiger partial charge in [0.05, 0.1) is 34.5 Å². The van der Waals surface area contributed by atoms with Crippen molar-refractivity contribution in [3.8, 4) is 11.4 Å². The summed E-state index contributed by atoms with van der Waals surface area (Å²) in [5, 5.41) is 2.96. The van der Waals surface area contributed by atoms with Gasteiger partial charge in [0.1, 0.15) is 23.5 Å². The molecule has 3 N–H and O–H groups in total.